The molecule has 3 rings (SSSR count). The molecule has 0 atom stereocenters. The number of pyridine rings is 1. The molecule has 1 aliphatic carbocycles. The van der Waals surface area contributed by atoms with E-state index >= 15 is 0 Å². The predicted octanol–water partition coefficient (Wildman–Crippen LogP) is 2.79. The van der Waals surface area contributed by atoms with E-state index in [0.717, 1.165) is 23.9 Å². The lowest BCUT2D eigenvalue weighted by Gasteiger charge is -2.09. The highest BCUT2D eigenvalue weighted by molar-refractivity contribution is 6.06. The van der Waals surface area contributed by atoms with Crippen LogP contribution in [-0.2, 0) is 0 Å². The molecule has 0 bridgehead atoms. The monoisotopic (exact) mass is 273 g/mol. The van der Waals surface area contributed by atoms with Crippen LogP contribution in [0.2, 0.25) is 0 Å². The van der Waals surface area contributed by atoms with Crippen molar-refractivity contribution in [2.45, 2.75) is 39.5 Å². The van der Waals surface area contributed by atoms with E-state index in [1.165, 1.54) is 0 Å². The summed E-state index contributed by atoms with van der Waals surface area (Å²) in [6, 6.07) is 1.90. The van der Waals surface area contributed by atoms with Gasteiger partial charge in [-0.3, -0.25) is 4.79 Å². The Morgan fingerprint density at radius 1 is 1.50 bits per heavy atom. The molecule has 1 N–H and O–H groups in total. The highest BCUT2D eigenvalue weighted by Gasteiger charge is 2.28. The van der Waals surface area contributed by atoms with E-state index in [-0.39, 0.29) is 5.91 Å². The largest absolute Gasteiger partial charge is 0.352 e. The van der Waals surface area contributed by atoms with Crippen LogP contribution in [0.15, 0.2) is 10.6 Å². The summed E-state index contributed by atoms with van der Waals surface area (Å²) in [6.07, 6.45) is 2.28. The van der Waals surface area contributed by atoms with Gasteiger partial charge in [0.25, 0.3) is 11.6 Å². The van der Waals surface area contributed by atoms with E-state index in [9.17, 15) is 4.79 Å². The third kappa shape index (κ3) is 2.40. The summed E-state index contributed by atoms with van der Waals surface area (Å²) in [5.74, 6) is 0.823. The number of carbonyl (C=O) groups is 1. The van der Waals surface area contributed by atoms with Gasteiger partial charge >= 0.3 is 0 Å². The van der Waals surface area contributed by atoms with Gasteiger partial charge in [0.2, 0.25) is 0 Å². The second-order valence-corrected chi connectivity index (χ2v) is 5.92. The van der Waals surface area contributed by atoms with Crippen molar-refractivity contribution in [3.8, 4) is 0 Å². The maximum Gasteiger partial charge on any atom is 0.259 e. The summed E-state index contributed by atoms with van der Waals surface area (Å²) in [6.45, 7) is 6.64. The van der Waals surface area contributed by atoms with Crippen LogP contribution >= 0.6 is 0 Å². The molecule has 2 heterocycles. The van der Waals surface area contributed by atoms with Crippen molar-refractivity contribution in [3.63, 3.8) is 0 Å². The fraction of sp³-hybridized carbons (Fsp3) is 0.533. The zero-order valence-electron chi connectivity index (χ0n) is 12.1. The van der Waals surface area contributed by atoms with Gasteiger partial charge in [-0.2, -0.15) is 0 Å². The molecule has 1 amide bonds. The Bertz CT molecular complexity index is 656. The highest BCUT2D eigenvalue weighted by atomic mass is 16.5. The van der Waals surface area contributed by atoms with Gasteiger partial charge in [0.1, 0.15) is 0 Å². The number of aromatic nitrogens is 2. The van der Waals surface area contributed by atoms with E-state index < -0.39 is 0 Å². The minimum absolute atomic E-state index is 0.0701. The van der Waals surface area contributed by atoms with Crippen molar-refractivity contribution in [2.75, 3.05) is 6.54 Å². The van der Waals surface area contributed by atoms with Crippen molar-refractivity contribution >= 4 is 17.0 Å². The summed E-state index contributed by atoms with van der Waals surface area (Å²) < 4.78 is 5.24. The fourth-order valence-corrected chi connectivity index (χ4v) is 2.27. The summed E-state index contributed by atoms with van der Waals surface area (Å²) in [4.78, 5) is 16.9. The Kier molecular flexibility index (Phi) is 3.20. The van der Waals surface area contributed by atoms with E-state index in [4.69, 9.17) is 4.52 Å². The summed E-state index contributed by atoms with van der Waals surface area (Å²) >= 11 is 0. The van der Waals surface area contributed by atoms with Crippen molar-refractivity contribution in [1.82, 2.24) is 15.5 Å². The number of rotatable bonds is 4. The zero-order valence-corrected chi connectivity index (χ0v) is 12.1. The molecular weight excluding hydrogens is 254 g/mol. The lowest BCUT2D eigenvalue weighted by molar-refractivity contribution is 0.0950. The molecule has 2 aromatic heterocycles. The van der Waals surface area contributed by atoms with Gasteiger partial charge in [0.05, 0.1) is 16.6 Å². The lowest BCUT2D eigenvalue weighted by Crippen LogP contribution is -2.27. The normalized spacial score (nSPS) is 15.0. The number of carbonyl (C=O) groups excluding carboxylic acids is 1. The molecule has 1 saturated carbocycles. The molecule has 106 valence electrons. The molecule has 20 heavy (non-hydrogen) atoms. The molecule has 0 spiro atoms. The van der Waals surface area contributed by atoms with E-state index in [0.29, 0.717) is 35.4 Å². The lowest BCUT2D eigenvalue weighted by atomic mass is 10.1. The third-order valence-electron chi connectivity index (χ3n) is 3.55. The number of hydrogen-bond donors (Lipinski definition) is 1. The quantitative estimate of drug-likeness (QED) is 0.930. The van der Waals surface area contributed by atoms with Gasteiger partial charge in [-0.05, 0) is 31.7 Å². The molecule has 0 aliphatic heterocycles. The van der Waals surface area contributed by atoms with Gasteiger partial charge in [0.15, 0.2) is 0 Å². The molecule has 1 fully saturated rings. The molecular formula is C15H19N3O2. The first-order valence-electron chi connectivity index (χ1n) is 7.11. The Morgan fingerprint density at radius 3 is 2.90 bits per heavy atom. The Morgan fingerprint density at radius 2 is 2.25 bits per heavy atom. The average Bonchev–Trinajstić information content (AvgIpc) is 3.20. The van der Waals surface area contributed by atoms with Gasteiger partial charge in [-0.1, -0.05) is 19.0 Å². The van der Waals surface area contributed by atoms with Crippen LogP contribution in [0.1, 0.15) is 54.4 Å². The Labute approximate surface area is 117 Å². The van der Waals surface area contributed by atoms with Crippen molar-refractivity contribution < 1.29 is 9.32 Å². The molecule has 0 radical (unpaired) electrons. The zero-order chi connectivity index (χ0) is 14.3. The van der Waals surface area contributed by atoms with Crippen LogP contribution < -0.4 is 5.32 Å². The Hall–Kier alpha value is -1.91. The molecule has 0 saturated heterocycles. The first kappa shape index (κ1) is 13.1. The van der Waals surface area contributed by atoms with Crippen LogP contribution in [0.25, 0.3) is 11.1 Å². The molecule has 0 unspecified atom stereocenters. The second-order valence-electron chi connectivity index (χ2n) is 5.92. The van der Waals surface area contributed by atoms with E-state index in [2.05, 4.69) is 29.3 Å². The van der Waals surface area contributed by atoms with Crippen LogP contribution in [0.4, 0.5) is 0 Å². The first-order valence-corrected chi connectivity index (χ1v) is 7.11. The molecule has 5 nitrogen and oxygen atoms in total. The van der Waals surface area contributed by atoms with E-state index in [1.54, 1.807) is 0 Å². The van der Waals surface area contributed by atoms with Crippen LogP contribution in [-0.4, -0.2) is 22.6 Å². The van der Waals surface area contributed by atoms with Gasteiger partial charge in [-0.15, -0.1) is 0 Å². The SMILES string of the molecule is Cc1noc2nc(C3CC3)cc(C(=O)NCC(C)C)c12. The van der Waals surface area contributed by atoms with Crippen molar-refractivity contribution in [1.29, 1.82) is 0 Å². The maximum absolute atomic E-state index is 12.4. The average molecular weight is 273 g/mol. The molecule has 5 heteroatoms. The van der Waals surface area contributed by atoms with Gasteiger partial charge in [0, 0.05) is 18.2 Å². The molecule has 0 aromatic carbocycles. The van der Waals surface area contributed by atoms with Crippen molar-refractivity contribution in [2.24, 2.45) is 5.92 Å². The van der Waals surface area contributed by atoms with Crippen LogP contribution in [0.5, 0.6) is 0 Å². The van der Waals surface area contributed by atoms with Gasteiger partial charge in [-0.25, -0.2) is 4.98 Å². The Balaban J connectivity index is 2.02. The van der Waals surface area contributed by atoms with Crippen LogP contribution in [0, 0.1) is 12.8 Å². The van der Waals surface area contributed by atoms with Gasteiger partial charge < -0.3 is 9.84 Å². The maximum atomic E-state index is 12.4. The number of aryl methyl sites for hydroxylation is 1. The number of hydrogen-bond acceptors (Lipinski definition) is 4. The van der Waals surface area contributed by atoms with Crippen molar-refractivity contribution in [3.05, 3.63) is 23.0 Å². The number of nitrogens with zero attached hydrogens (tertiary/aromatic N) is 2. The number of fused-ring (bicyclic) bond motifs is 1. The summed E-state index contributed by atoms with van der Waals surface area (Å²) in [7, 11) is 0. The fourth-order valence-electron chi connectivity index (χ4n) is 2.27. The van der Waals surface area contributed by atoms with E-state index in [1.807, 2.05) is 13.0 Å². The second kappa shape index (κ2) is 4.89. The standard InChI is InChI=1S/C15H19N3O2/c1-8(2)7-16-14(19)11-6-12(10-4-5-10)17-15-13(11)9(3)18-20-15/h6,8,10H,4-5,7H2,1-3H3,(H,16,19). The third-order valence-corrected chi connectivity index (χ3v) is 3.55. The minimum atomic E-state index is -0.0701. The summed E-state index contributed by atoms with van der Waals surface area (Å²) in [5, 5.41) is 7.63. The summed E-state index contributed by atoms with van der Waals surface area (Å²) in [5.41, 5.74) is 2.77. The molecule has 2 aromatic rings. The minimum Gasteiger partial charge on any atom is -0.352 e. The smallest absolute Gasteiger partial charge is 0.259 e. The van der Waals surface area contributed by atoms with Crippen LogP contribution in [0.3, 0.4) is 0 Å². The first-order chi connectivity index (χ1) is 9.56. The topological polar surface area (TPSA) is 68.0 Å². The number of amides is 1. The highest BCUT2D eigenvalue weighted by Crippen LogP contribution is 2.40. The molecule has 1 aliphatic rings. The predicted molar refractivity (Wildman–Crippen MR) is 75.7 cm³/mol. The number of nitrogens with one attached hydrogen (secondary N) is 1.